The Morgan fingerprint density at radius 2 is 2.09 bits per heavy atom. The molecule has 0 saturated carbocycles. The number of hydrogen-bond acceptors (Lipinski definition) is 8. The first-order valence-corrected chi connectivity index (χ1v) is 9.87. The van der Waals surface area contributed by atoms with Crippen LogP contribution in [0, 0.1) is 18.3 Å². The highest BCUT2D eigenvalue weighted by Gasteiger charge is 2.14. The number of pyridine rings is 1. The highest BCUT2D eigenvalue weighted by atomic mass is 16.5. The van der Waals surface area contributed by atoms with Crippen molar-refractivity contribution in [2.24, 2.45) is 5.10 Å². The van der Waals surface area contributed by atoms with E-state index in [-0.39, 0.29) is 24.7 Å². The average Bonchev–Trinajstić information content (AvgIpc) is 2.77. The van der Waals surface area contributed by atoms with Gasteiger partial charge in [0.1, 0.15) is 18.2 Å². The Balaban J connectivity index is 1.99. The van der Waals surface area contributed by atoms with E-state index in [1.54, 1.807) is 37.3 Å². The molecule has 0 bridgehead atoms. The van der Waals surface area contributed by atoms with E-state index >= 15 is 0 Å². The number of rotatable bonds is 12. The van der Waals surface area contributed by atoms with Crippen LogP contribution in [-0.2, 0) is 16.1 Å². The molecule has 0 aliphatic carbocycles. The SMILES string of the molecule is C=CCOc1ccc(/C=N\NC(=O)COc2nc(C)cc(COC)c2C#N)cc1OCC. The van der Waals surface area contributed by atoms with Crippen LogP contribution in [0.3, 0.4) is 0 Å². The van der Waals surface area contributed by atoms with Crippen molar-refractivity contribution >= 4 is 12.1 Å². The molecule has 0 atom stereocenters. The summed E-state index contributed by atoms with van der Waals surface area (Å²) in [6, 6.07) is 9.07. The fraction of sp³-hybridized carbons (Fsp3) is 0.304. The number of aromatic nitrogens is 1. The van der Waals surface area contributed by atoms with Crippen LogP contribution in [0.1, 0.15) is 29.3 Å². The van der Waals surface area contributed by atoms with Crippen LogP contribution in [-0.4, -0.2) is 44.0 Å². The third kappa shape index (κ3) is 7.11. The molecule has 2 rings (SSSR count). The van der Waals surface area contributed by atoms with E-state index in [1.165, 1.54) is 13.3 Å². The molecule has 9 heteroatoms. The summed E-state index contributed by atoms with van der Waals surface area (Å²) < 4.78 is 21.7. The van der Waals surface area contributed by atoms with Gasteiger partial charge in [0.15, 0.2) is 18.1 Å². The van der Waals surface area contributed by atoms with Crippen molar-refractivity contribution in [3.63, 3.8) is 0 Å². The van der Waals surface area contributed by atoms with Crippen LogP contribution in [0.25, 0.3) is 0 Å². The number of nitrogens with zero attached hydrogens (tertiary/aromatic N) is 3. The van der Waals surface area contributed by atoms with Gasteiger partial charge in [-0.05, 0) is 43.7 Å². The molecule has 168 valence electrons. The molecule has 1 amide bonds. The molecule has 0 unspecified atom stereocenters. The zero-order valence-corrected chi connectivity index (χ0v) is 18.4. The topological polar surface area (TPSA) is 115 Å². The first-order chi connectivity index (χ1) is 15.5. The van der Waals surface area contributed by atoms with Gasteiger partial charge in [-0.25, -0.2) is 10.4 Å². The average molecular weight is 438 g/mol. The van der Waals surface area contributed by atoms with Crippen molar-refractivity contribution in [1.82, 2.24) is 10.4 Å². The van der Waals surface area contributed by atoms with E-state index in [1.807, 2.05) is 13.0 Å². The summed E-state index contributed by atoms with van der Waals surface area (Å²) in [6.07, 6.45) is 3.12. The van der Waals surface area contributed by atoms with E-state index < -0.39 is 5.91 Å². The Morgan fingerprint density at radius 3 is 2.78 bits per heavy atom. The summed E-state index contributed by atoms with van der Waals surface area (Å²) in [6.45, 7) is 7.98. The third-order valence-electron chi connectivity index (χ3n) is 3.97. The van der Waals surface area contributed by atoms with Gasteiger partial charge < -0.3 is 18.9 Å². The van der Waals surface area contributed by atoms with Crippen LogP contribution in [0.2, 0.25) is 0 Å². The molecule has 32 heavy (non-hydrogen) atoms. The second-order valence-corrected chi connectivity index (χ2v) is 6.47. The third-order valence-corrected chi connectivity index (χ3v) is 3.97. The van der Waals surface area contributed by atoms with E-state index in [0.717, 1.165) is 0 Å². The fourth-order valence-electron chi connectivity index (χ4n) is 2.69. The van der Waals surface area contributed by atoms with Crippen LogP contribution < -0.4 is 19.6 Å². The Bertz CT molecular complexity index is 1010. The Kier molecular flexibility index (Phi) is 9.69. The second kappa shape index (κ2) is 12.7. The van der Waals surface area contributed by atoms with Crippen molar-refractivity contribution in [3.8, 4) is 23.4 Å². The number of benzene rings is 1. The molecule has 1 N–H and O–H groups in total. The molecule has 0 aliphatic rings. The van der Waals surface area contributed by atoms with Crippen LogP contribution >= 0.6 is 0 Å². The Labute approximate surface area is 187 Å². The molecule has 1 heterocycles. The van der Waals surface area contributed by atoms with Gasteiger partial charge in [-0.2, -0.15) is 10.4 Å². The van der Waals surface area contributed by atoms with Crippen molar-refractivity contribution in [1.29, 1.82) is 5.26 Å². The molecule has 2 aromatic rings. The second-order valence-electron chi connectivity index (χ2n) is 6.47. The van der Waals surface area contributed by atoms with Gasteiger partial charge in [-0.3, -0.25) is 4.79 Å². The van der Waals surface area contributed by atoms with Gasteiger partial charge in [-0.15, -0.1) is 0 Å². The lowest BCUT2D eigenvalue weighted by atomic mass is 10.1. The van der Waals surface area contributed by atoms with E-state index in [4.69, 9.17) is 18.9 Å². The number of hydrazone groups is 1. The fourth-order valence-corrected chi connectivity index (χ4v) is 2.69. The zero-order valence-electron chi connectivity index (χ0n) is 18.4. The summed E-state index contributed by atoms with van der Waals surface area (Å²) >= 11 is 0. The smallest absolute Gasteiger partial charge is 0.278 e. The molecule has 1 aromatic heterocycles. The minimum atomic E-state index is -0.502. The first-order valence-electron chi connectivity index (χ1n) is 9.87. The van der Waals surface area contributed by atoms with E-state index in [9.17, 15) is 10.1 Å². The van der Waals surface area contributed by atoms with Crippen LogP contribution in [0.5, 0.6) is 17.4 Å². The molecule has 0 saturated heterocycles. The lowest BCUT2D eigenvalue weighted by Gasteiger charge is -2.11. The van der Waals surface area contributed by atoms with Gasteiger partial charge in [-0.1, -0.05) is 12.7 Å². The number of nitrogens with one attached hydrogen (secondary N) is 1. The highest BCUT2D eigenvalue weighted by Crippen LogP contribution is 2.28. The van der Waals surface area contributed by atoms with Gasteiger partial charge in [0, 0.05) is 18.4 Å². The molecule has 1 aromatic carbocycles. The number of amides is 1. The number of hydrogen-bond donors (Lipinski definition) is 1. The van der Waals surface area contributed by atoms with E-state index in [0.29, 0.717) is 41.5 Å². The standard InChI is InChI=1S/C23H26N4O5/c1-5-9-31-20-8-7-17(11-21(20)30-6-2)13-25-27-22(28)15-32-23-19(12-24)18(14-29-4)10-16(3)26-23/h5,7-8,10-11,13H,1,6,9,14-15H2,2-4H3,(H,27,28)/b25-13-. The predicted octanol–water partition coefficient (Wildman–Crippen LogP) is 2.90. The lowest BCUT2D eigenvalue weighted by molar-refractivity contribution is -0.123. The maximum absolute atomic E-state index is 12.1. The molecule has 0 fully saturated rings. The minimum Gasteiger partial charge on any atom is -0.490 e. The largest absolute Gasteiger partial charge is 0.490 e. The van der Waals surface area contributed by atoms with Gasteiger partial charge in [0.25, 0.3) is 5.91 Å². The number of carbonyl (C=O) groups excluding carboxylic acids is 1. The number of aryl methyl sites for hydroxylation is 1. The highest BCUT2D eigenvalue weighted by molar-refractivity contribution is 5.83. The predicted molar refractivity (Wildman–Crippen MR) is 119 cm³/mol. The first kappa shape index (κ1) is 24.4. The number of carbonyl (C=O) groups is 1. The molecular formula is C23H26N4O5. The van der Waals surface area contributed by atoms with Crippen LogP contribution in [0.15, 0.2) is 42.0 Å². The summed E-state index contributed by atoms with van der Waals surface area (Å²) in [5, 5.41) is 13.3. The molecule has 9 nitrogen and oxygen atoms in total. The summed E-state index contributed by atoms with van der Waals surface area (Å²) in [4.78, 5) is 16.3. The Hall–Kier alpha value is -3.90. The Morgan fingerprint density at radius 1 is 1.28 bits per heavy atom. The van der Waals surface area contributed by atoms with Crippen LogP contribution in [0.4, 0.5) is 0 Å². The number of nitriles is 1. The van der Waals surface area contributed by atoms with Gasteiger partial charge >= 0.3 is 0 Å². The summed E-state index contributed by atoms with van der Waals surface area (Å²) in [5.74, 6) is 0.732. The summed E-state index contributed by atoms with van der Waals surface area (Å²) in [5.41, 5.74) is 4.60. The summed E-state index contributed by atoms with van der Waals surface area (Å²) in [7, 11) is 1.53. The van der Waals surface area contributed by atoms with Crippen molar-refractivity contribution < 1.29 is 23.7 Å². The van der Waals surface area contributed by atoms with Crippen molar-refractivity contribution in [3.05, 3.63) is 59.3 Å². The minimum absolute atomic E-state index is 0.0788. The lowest BCUT2D eigenvalue weighted by Crippen LogP contribution is -2.25. The molecular weight excluding hydrogens is 412 g/mol. The number of ether oxygens (including phenoxy) is 4. The van der Waals surface area contributed by atoms with Crippen molar-refractivity contribution in [2.75, 3.05) is 26.9 Å². The van der Waals surface area contributed by atoms with Gasteiger partial charge in [0.2, 0.25) is 5.88 Å². The molecule has 0 radical (unpaired) electrons. The maximum Gasteiger partial charge on any atom is 0.278 e. The van der Waals surface area contributed by atoms with Gasteiger partial charge in [0.05, 0.1) is 19.4 Å². The monoisotopic (exact) mass is 438 g/mol. The number of methoxy groups -OCH3 is 1. The van der Waals surface area contributed by atoms with E-state index in [2.05, 4.69) is 22.1 Å². The van der Waals surface area contributed by atoms with Crippen molar-refractivity contribution in [2.45, 2.75) is 20.5 Å². The zero-order chi connectivity index (χ0) is 23.3. The molecule has 0 aliphatic heterocycles. The molecule has 0 spiro atoms. The quantitative estimate of drug-likeness (QED) is 0.308. The normalized spacial score (nSPS) is 10.4. The maximum atomic E-state index is 12.1.